The largest absolute Gasteiger partial charge is 0.388 e. The fourth-order valence-corrected chi connectivity index (χ4v) is 1.06. The highest BCUT2D eigenvalue weighted by Crippen LogP contribution is 2.18. The van der Waals surface area contributed by atoms with Crippen molar-refractivity contribution in [1.29, 1.82) is 0 Å². The zero-order valence-corrected chi connectivity index (χ0v) is 6.62. The third-order valence-corrected chi connectivity index (χ3v) is 1.86. The highest BCUT2D eigenvalue weighted by Gasteiger charge is 2.42. The molecule has 0 amide bonds. The van der Waals surface area contributed by atoms with Crippen LogP contribution in [0, 0.1) is 0 Å². The molecular formula is C6H13NO5. The Hall–Kier alpha value is -0.240. The molecule has 0 saturated carbocycles. The summed E-state index contributed by atoms with van der Waals surface area (Å²) in [5, 5.41) is 27.5. The van der Waals surface area contributed by atoms with Crippen molar-refractivity contribution in [2.24, 2.45) is 5.73 Å². The molecule has 0 aromatic heterocycles. The van der Waals surface area contributed by atoms with Gasteiger partial charge in [-0.05, 0) is 0 Å². The number of hydrogen-bond acceptors (Lipinski definition) is 6. The smallest absolute Gasteiger partial charge is 0.188 e. The van der Waals surface area contributed by atoms with Gasteiger partial charge in [-0.25, -0.2) is 0 Å². The third kappa shape index (κ3) is 1.58. The summed E-state index contributed by atoms with van der Waals surface area (Å²) >= 11 is 0. The molecule has 0 aromatic rings. The molecule has 72 valence electrons. The molecular weight excluding hydrogens is 166 g/mol. The van der Waals surface area contributed by atoms with Gasteiger partial charge in [-0.15, -0.1) is 0 Å². The Morgan fingerprint density at radius 3 is 2.33 bits per heavy atom. The molecule has 0 radical (unpaired) electrons. The second kappa shape index (κ2) is 3.65. The molecule has 1 fully saturated rings. The maximum absolute atomic E-state index is 9.23. The van der Waals surface area contributed by atoms with Crippen molar-refractivity contribution >= 4 is 0 Å². The van der Waals surface area contributed by atoms with Crippen molar-refractivity contribution in [2.75, 3.05) is 7.11 Å². The Balaban J connectivity index is 2.63. The summed E-state index contributed by atoms with van der Waals surface area (Å²) in [7, 11) is 1.30. The Morgan fingerprint density at radius 1 is 1.25 bits per heavy atom. The van der Waals surface area contributed by atoms with Crippen LogP contribution in [-0.4, -0.2) is 53.3 Å². The number of ether oxygens (including phenoxy) is 2. The van der Waals surface area contributed by atoms with E-state index < -0.39 is 30.8 Å². The summed E-state index contributed by atoms with van der Waals surface area (Å²) in [5.41, 5.74) is 5.29. The van der Waals surface area contributed by atoms with Crippen LogP contribution in [0.15, 0.2) is 0 Å². The monoisotopic (exact) mass is 179 g/mol. The Labute approximate surface area is 69.5 Å². The van der Waals surface area contributed by atoms with E-state index in [0.717, 1.165) is 0 Å². The molecule has 1 heterocycles. The zero-order valence-electron chi connectivity index (χ0n) is 6.62. The normalized spacial score (nSPS) is 49.2. The van der Waals surface area contributed by atoms with E-state index in [2.05, 4.69) is 4.74 Å². The van der Waals surface area contributed by atoms with Crippen LogP contribution in [0.4, 0.5) is 0 Å². The van der Waals surface area contributed by atoms with E-state index in [1.807, 2.05) is 0 Å². The average Bonchev–Trinajstić information content (AvgIpc) is 2.08. The number of hydrogen-bond donors (Lipinski definition) is 4. The lowest BCUT2D eigenvalue weighted by atomic mass is 10.0. The van der Waals surface area contributed by atoms with Crippen LogP contribution in [0.1, 0.15) is 0 Å². The zero-order chi connectivity index (χ0) is 9.30. The van der Waals surface area contributed by atoms with Gasteiger partial charge in [0, 0.05) is 7.11 Å². The number of aliphatic hydroxyl groups is 3. The van der Waals surface area contributed by atoms with Gasteiger partial charge in [-0.1, -0.05) is 0 Å². The molecule has 1 aliphatic heterocycles. The molecule has 0 bridgehead atoms. The molecule has 6 nitrogen and oxygen atoms in total. The van der Waals surface area contributed by atoms with E-state index >= 15 is 0 Å². The van der Waals surface area contributed by atoms with E-state index in [0.29, 0.717) is 0 Å². The van der Waals surface area contributed by atoms with Gasteiger partial charge in [0.1, 0.15) is 12.2 Å². The number of rotatable bonds is 1. The summed E-state index contributed by atoms with van der Waals surface area (Å²) in [6.45, 7) is 0. The molecule has 5 N–H and O–H groups in total. The predicted molar refractivity (Wildman–Crippen MR) is 37.9 cm³/mol. The minimum absolute atomic E-state index is 1.01. The maximum Gasteiger partial charge on any atom is 0.188 e. The van der Waals surface area contributed by atoms with Crippen molar-refractivity contribution < 1.29 is 24.8 Å². The number of aliphatic hydroxyl groups excluding tert-OH is 3. The van der Waals surface area contributed by atoms with Crippen LogP contribution in [0.5, 0.6) is 0 Å². The lowest BCUT2D eigenvalue weighted by Gasteiger charge is -2.37. The van der Waals surface area contributed by atoms with Gasteiger partial charge in [0.15, 0.2) is 12.6 Å². The maximum atomic E-state index is 9.23. The van der Waals surface area contributed by atoms with Crippen molar-refractivity contribution in [3.05, 3.63) is 0 Å². The molecule has 12 heavy (non-hydrogen) atoms. The Morgan fingerprint density at radius 2 is 1.83 bits per heavy atom. The number of nitrogens with two attached hydrogens (primary N) is 1. The first-order valence-corrected chi connectivity index (χ1v) is 3.56. The van der Waals surface area contributed by atoms with Crippen molar-refractivity contribution in [2.45, 2.75) is 30.8 Å². The second-order valence-corrected chi connectivity index (χ2v) is 2.69. The van der Waals surface area contributed by atoms with Crippen molar-refractivity contribution in [3.8, 4) is 0 Å². The van der Waals surface area contributed by atoms with Gasteiger partial charge < -0.3 is 30.5 Å². The van der Waals surface area contributed by atoms with Gasteiger partial charge in [0.2, 0.25) is 0 Å². The van der Waals surface area contributed by atoms with Gasteiger partial charge >= 0.3 is 0 Å². The van der Waals surface area contributed by atoms with Crippen molar-refractivity contribution in [1.82, 2.24) is 0 Å². The molecule has 0 aromatic carbocycles. The fourth-order valence-electron chi connectivity index (χ4n) is 1.06. The highest BCUT2D eigenvalue weighted by molar-refractivity contribution is 4.87. The van der Waals surface area contributed by atoms with E-state index in [-0.39, 0.29) is 0 Å². The second-order valence-electron chi connectivity index (χ2n) is 2.69. The summed E-state index contributed by atoms with van der Waals surface area (Å²) in [5.74, 6) is 0. The first-order valence-electron chi connectivity index (χ1n) is 3.56. The van der Waals surface area contributed by atoms with Crippen LogP contribution in [0.2, 0.25) is 0 Å². The quantitative estimate of drug-likeness (QED) is 0.350. The van der Waals surface area contributed by atoms with Gasteiger partial charge in [-0.2, -0.15) is 0 Å². The molecule has 1 rings (SSSR count). The first kappa shape index (κ1) is 9.85. The minimum atomic E-state index is -1.31. The van der Waals surface area contributed by atoms with Crippen LogP contribution in [-0.2, 0) is 9.47 Å². The topological polar surface area (TPSA) is 105 Å². The number of methoxy groups -OCH3 is 1. The summed E-state index contributed by atoms with van der Waals surface area (Å²) in [6, 6.07) is -1.01. The van der Waals surface area contributed by atoms with E-state index in [1.165, 1.54) is 7.11 Å². The molecule has 6 heteroatoms. The van der Waals surface area contributed by atoms with Crippen molar-refractivity contribution in [3.63, 3.8) is 0 Å². The lowest BCUT2D eigenvalue weighted by Crippen LogP contribution is -2.61. The molecule has 5 unspecified atom stereocenters. The highest BCUT2D eigenvalue weighted by atomic mass is 16.7. The summed E-state index contributed by atoms with van der Waals surface area (Å²) < 4.78 is 9.37. The molecule has 5 atom stereocenters. The summed E-state index contributed by atoms with van der Waals surface area (Å²) in [4.78, 5) is 0. The summed E-state index contributed by atoms with van der Waals surface area (Å²) in [6.07, 6.45) is -4.81. The van der Waals surface area contributed by atoms with Gasteiger partial charge in [-0.3, -0.25) is 0 Å². The standard InChI is InChI=1S/C6H13NO5/c1-11-6-4(9)3(8)2(7)5(10)12-6/h2-6,8-10H,7H2,1H3. The van der Waals surface area contributed by atoms with Gasteiger partial charge in [0.25, 0.3) is 0 Å². The van der Waals surface area contributed by atoms with E-state index in [9.17, 15) is 10.2 Å². The fraction of sp³-hybridized carbons (Fsp3) is 1.00. The Bertz CT molecular complexity index is 150. The average molecular weight is 179 g/mol. The molecule has 0 aliphatic carbocycles. The van der Waals surface area contributed by atoms with Crippen LogP contribution < -0.4 is 5.73 Å². The SMILES string of the molecule is COC1OC(O)C(N)C(O)C1O. The van der Waals surface area contributed by atoms with Gasteiger partial charge in [0.05, 0.1) is 6.04 Å². The third-order valence-electron chi connectivity index (χ3n) is 1.86. The van der Waals surface area contributed by atoms with E-state index in [1.54, 1.807) is 0 Å². The molecule has 1 aliphatic rings. The molecule has 0 spiro atoms. The predicted octanol–water partition coefficient (Wildman–Crippen LogP) is -2.64. The lowest BCUT2D eigenvalue weighted by molar-refractivity contribution is -0.307. The Kier molecular flexibility index (Phi) is 2.99. The van der Waals surface area contributed by atoms with Crippen LogP contribution in [0.3, 0.4) is 0 Å². The minimum Gasteiger partial charge on any atom is -0.388 e. The van der Waals surface area contributed by atoms with E-state index in [4.69, 9.17) is 15.6 Å². The molecule has 1 saturated heterocycles. The van der Waals surface area contributed by atoms with Crippen LogP contribution in [0.25, 0.3) is 0 Å². The van der Waals surface area contributed by atoms with Crippen LogP contribution >= 0.6 is 0 Å². The first-order chi connectivity index (χ1) is 5.57.